The highest BCUT2D eigenvalue weighted by molar-refractivity contribution is 6.31. The summed E-state index contributed by atoms with van der Waals surface area (Å²) in [5.41, 5.74) is 0.884. The van der Waals surface area contributed by atoms with E-state index in [-0.39, 0.29) is 6.04 Å². The summed E-state index contributed by atoms with van der Waals surface area (Å²) >= 11 is 5.91. The zero-order valence-electron chi connectivity index (χ0n) is 8.66. The van der Waals surface area contributed by atoms with Gasteiger partial charge in [-0.3, -0.25) is 0 Å². The number of fused-ring (bicyclic) bond motifs is 1. The molecule has 0 aliphatic heterocycles. The molecule has 0 bridgehead atoms. The van der Waals surface area contributed by atoms with E-state index in [2.05, 4.69) is 15.3 Å². The van der Waals surface area contributed by atoms with Crippen LogP contribution in [0.4, 0.5) is 0 Å². The van der Waals surface area contributed by atoms with Crippen molar-refractivity contribution in [3.63, 3.8) is 0 Å². The van der Waals surface area contributed by atoms with Crippen LogP contribution in [0.25, 0.3) is 10.9 Å². The molecule has 78 valence electrons. The van der Waals surface area contributed by atoms with Crippen molar-refractivity contribution >= 4 is 22.5 Å². The Morgan fingerprint density at radius 2 is 2.20 bits per heavy atom. The molecule has 0 aliphatic rings. The van der Waals surface area contributed by atoms with Crippen molar-refractivity contribution in [3.05, 3.63) is 35.2 Å². The smallest absolute Gasteiger partial charge is 0.145 e. The van der Waals surface area contributed by atoms with Gasteiger partial charge in [0, 0.05) is 16.6 Å². The van der Waals surface area contributed by atoms with Crippen LogP contribution in [0.2, 0.25) is 5.02 Å². The van der Waals surface area contributed by atoms with Gasteiger partial charge in [-0.05, 0) is 32.2 Å². The topological polar surface area (TPSA) is 37.8 Å². The van der Waals surface area contributed by atoms with Gasteiger partial charge in [0.1, 0.15) is 5.82 Å². The highest BCUT2D eigenvalue weighted by Crippen LogP contribution is 2.18. The minimum atomic E-state index is 0.147. The van der Waals surface area contributed by atoms with Crippen LogP contribution < -0.4 is 5.32 Å². The number of nitrogens with one attached hydrogen (secondary N) is 1. The Hall–Kier alpha value is -1.19. The van der Waals surface area contributed by atoms with Crippen molar-refractivity contribution in [2.75, 3.05) is 7.05 Å². The number of hydrogen-bond acceptors (Lipinski definition) is 3. The lowest BCUT2D eigenvalue weighted by Crippen LogP contribution is -2.15. The van der Waals surface area contributed by atoms with Crippen LogP contribution in [0.1, 0.15) is 18.8 Å². The molecule has 0 fully saturated rings. The van der Waals surface area contributed by atoms with Gasteiger partial charge < -0.3 is 5.32 Å². The second-order valence-electron chi connectivity index (χ2n) is 3.44. The molecule has 0 amide bonds. The molecule has 15 heavy (non-hydrogen) atoms. The minimum Gasteiger partial charge on any atom is -0.311 e. The van der Waals surface area contributed by atoms with Crippen molar-refractivity contribution in [2.45, 2.75) is 13.0 Å². The molecule has 2 rings (SSSR count). The predicted octanol–water partition coefficient (Wildman–Crippen LogP) is 2.56. The molecule has 0 spiro atoms. The fourth-order valence-electron chi connectivity index (χ4n) is 1.35. The predicted molar refractivity (Wildman–Crippen MR) is 62.0 cm³/mol. The first kappa shape index (κ1) is 10.3. The third kappa shape index (κ3) is 2.08. The summed E-state index contributed by atoms with van der Waals surface area (Å²) in [4.78, 5) is 8.74. The number of benzene rings is 1. The Morgan fingerprint density at radius 3 is 2.93 bits per heavy atom. The molecule has 0 saturated carbocycles. The summed E-state index contributed by atoms with van der Waals surface area (Å²) < 4.78 is 0. The summed E-state index contributed by atoms with van der Waals surface area (Å²) in [6, 6.07) is 5.76. The lowest BCUT2D eigenvalue weighted by molar-refractivity contribution is 0.613. The highest BCUT2D eigenvalue weighted by Gasteiger charge is 2.06. The van der Waals surface area contributed by atoms with Crippen LogP contribution in [0.3, 0.4) is 0 Å². The molecular weight excluding hydrogens is 210 g/mol. The SMILES string of the molecule is CNC(C)c1ncc2ccc(Cl)cc2n1. The molecule has 1 aromatic carbocycles. The summed E-state index contributed by atoms with van der Waals surface area (Å²) in [5.74, 6) is 0.785. The molecule has 2 aromatic rings. The van der Waals surface area contributed by atoms with E-state index in [1.165, 1.54) is 0 Å². The largest absolute Gasteiger partial charge is 0.311 e. The molecular formula is C11H12ClN3. The molecule has 1 atom stereocenters. The zero-order valence-corrected chi connectivity index (χ0v) is 9.42. The van der Waals surface area contributed by atoms with Crippen molar-refractivity contribution in [2.24, 2.45) is 0 Å². The Morgan fingerprint density at radius 1 is 1.40 bits per heavy atom. The number of hydrogen-bond donors (Lipinski definition) is 1. The van der Waals surface area contributed by atoms with E-state index in [0.717, 1.165) is 16.7 Å². The number of halogens is 1. The standard InChI is InChI=1S/C11H12ClN3/c1-7(13-2)11-14-6-8-3-4-9(12)5-10(8)15-11/h3-7,13H,1-2H3. The Balaban J connectivity index is 2.54. The van der Waals surface area contributed by atoms with Gasteiger partial charge in [-0.1, -0.05) is 11.6 Å². The second-order valence-corrected chi connectivity index (χ2v) is 3.88. The van der Waals surface area contributed by atoms with Crippen LogP contribution in [0.5, 0.6) is 0 Å². The van der Waals surface area contributed by atoms with E-state index in [1.807, 2.05) is 38.4 Å². The van der Waals surface area contributed by atoms with E-state index in [9.17, 15) is 0 Å². The van der Waals surface area contributed by atoms with E-state index in [4.69, 9.17) is 11.6 Å². The van der Waals surface area contributed by atoms with Crippen molar-refractivity contribution in [3.8, 4) is 0 Å². The third-order valence-electron chi connectivity index (χ3n) is 2.38. The van der Waals surface area contributed by atoms with Crippen molar-refractivity contribution in [1.29, 1.82) is 0 Å². The number of aromatic nitrogens is 2. The van der Waals surface area contributed by atoms with Crippen molar-refractivity contribution < 1.29 is 0 Å². The zero-order chi connectivity index (χ0) is 10.8. The monoisotopic (exact) mass is 221 g/mol. The first-order valence-electron chi connectivity index (χ1n) is 4.80. The maximum absolute atomic E-state index is 5.91. The van der Waals surface area contributed by atoms with Gasteiger partial charge >= 0.3 is 0 Å². The highest BCUT2D eigenvalue weighted by atomic mass is 35.5. The normalized spacial score (nSPS) is 13.0. The molecule has 3 nitrogen and oxygen atoms in total. The van der Waals surface area contributed by atoms with Gasteiger partial charge in [-0.25, -0.2) is 9.97 Å². The third-order valence-corrected chi connectivity index (χ3v) is 2.62. The van der Waals surface area contributed by atoms with E-state index in [0.29, 0.717) is 5.02 Å². The molecule has 1 heterocycles. The molecule has 4 heteroatoms. The van der Waals surface area contributed by atoms with Crippen LogP contribution in [-0.4, -0.2) is 17.0 Å². The fraction of sp³-hybridized carbons (Fsp3) is 0.273. The van der Waals surface area contributed by atoms with Crippen LogP contribution in [0, 0.1) is 0 Å². The van der Waals surface area contributed by atoms with Gasteiger partial charge in [-0.15, -0.1) is 0 Å². The van der Waals surface area contributed by atoms with Crippen LogP contribution >= 0.6 is 11.6 Å². The molecule has 0 aliphatic carbocycles. The van der Waals surface area contributed by atoms with Gasteiger partial charge in [-0.2, -0.15) is 0 Å². The maximum atomic E-state index is 5.91. The summed E-state index contributed by atoms with van der Waals surface area (Å²) in [7, 11) is 1.89. The first-order chi connectivity index (χ1) is 7.20. The van der Waals surface area contributed by atoms with Gasteiger partial charge in [0.15, 0.2) is 0 Å². The number of rotatable bonds is 2. The molecule has 0 saturated heterocycles. The maximum Gasteiger partial charge on any atom is 0.145 e. The average molecular weight is 222 g/mol. The molecule has 1 N–H and O–H groups in total. The van der Waals surface area contributed by atoms with E-state index >= 15 is 0 Å². The van der Waals surface area contributed by atoms with Crippen LogP contribution in [-0.2, 0) is 0 Å². The van der Waals surface area contributed by atoms with E-state index in [1.54, 1.807) is 0 Å². The first-order valence-corrected chi connectivity index (χ1v) is 5.18. The molecule has 1 unspecified atom stereocenters. The second kappa shape index (κ2) is 4.13. The lowest BCUT2D eigenvalue weighted by Gasteiger charge is -2.08. The Kier molecular flexibility index (Phi) is 2.84. The van der Waals surface area contributed by atoms with Crippen LogP contribution in [0.15, 0.2) is 24.4 Å². The molecule has 0 radical (unpaired) electrons. The fourth-order valence-corrected chi connectivity index (χ4v) is 1.51. The van der Waals surface area contributed by atoms with E-state index < -0.39 is 0 Å². The van der Waals surface area contributed by atoms with Crippen molar-refractivity contribution in [1.82, 2.24) is 15.3 Å². The molecule has 1 aromatic heterocycles. The minimum absolute atomic E-state index is 0.147. The summed E-state index contributed by atoms with van der Waals surface area (Å²) in [6.07, 6.45) is 1.82. The van der Waals surface area contributed by atoms with Gasteiger partial charge in [0.25, 0.3) is 0 Å². The Labute approximate surface area is 93.5 Å². The quantitative estimate of drug-likeness (QED) is 0.847. The lowest BCUT2D eigenvalue weighted by atomic mass is 10.2. The van der Waals surface area contributed by atoms with Gasteiger partial charge in [0.05, 0.1) is 11.6 Å². The summed E-state index contributed by atoms with van der Waals surface area (Å²) in [6.45, 7) is 2.02. The summed E-state index contributed by atoms with van der Waals surface area (Å²) in [5, 5.41) is 4.81. The van der Waals surface area contributed by atoms with Gasteiger partial charge in [0.2, 0.25) is 0 Å². The average Bonchev–Trinajstić information content (AvgIpc) is 2.27. The Bertz CT molecular complexity index is 484. The number of nitrogens with zero attached hydrogens (tertiary/aromatic N) is 2.